The summed E-state index contributed by atoms with van der Waals surface area (Å²) in [4.78, 5) is 13.3. The lowest BCUT2D eigenvalue weighted by Gasteiger charge is -2.36. The molecule has 0 amide bonds. The van der Waals surface area contributed by atoms with E-state index in [1.165, 1.54) is 37.8 Å². The SMILES string of the molecule is CCC1CCC(N(C)c2ccc(C=O)c(C)c2)CC1. The first-order valence-corrected chi connectivity index (χ1v) is 7.44. The highest BCUT2D eigenvalue weighted by molar-refractivity contribution is 5.78. The maximum atomic E-state index is 10.9. The normalized spacial score (nSPS) is 23.1. The molecule has 1 aromatic carbocycles. The lowest BCUT2D eigenvalue weighted by Crippen LogP contribution is -2.35. The van der Waals surface area contributed by atoms with Gasteiger partial charge in [-0.05, 0) is 62.3 Å². The molecule has 19 heavy (non-hydrogen) atoms. The molecule has 2 rings (SSSR count). The van der Waals surface area contributed by atoms with E-state index >= 15 is 0 Å². The van der Waals surface area contributed by atoms with Crippen LogP contribution >= 0.6 is 0 Å². The van der Waals surface area contributed by atoms with Crippen molar-refractivity contribution in [2.24, 2.45) is 5.92 Å². The van der Waals surface area contributed by atoms with Crippen LogP contribution in [0, 0.1) is 12.8 Å². The van der Waals surface area contributed by atoms with Crippen molar-refractivity contribution in [3.8, 4) is 0 Å². The standard InChI is InChI=1S/C17H25NO/c1-4-14-5-8-16(9-6-14)18(3)17-10-7-15(12-19)13(2)11-17/h7,10-12,14,16H,4-6,8-9H2,1-3H3. The third-order valence-corrected chi connectivity index (χ3v) is 4.73. The van der Waals surface area contributed by atoms with Gasteiger partial charge < -0.3 is 4.90 Å². The minimum absolute atomic E-state index is 0.657. The summed E-state index contributed by atoms with van der Waals surface area (Å²) in [6.07, 6.45) is 7.57. The molecule has 0 saturated heterocycles. The summed E-state index contributed by atoms with van der Waals surface area (Å²) in [5.41, 5.74) is 3.11. The second kappa shape index (κ2) is 6.23. The Morgan fingerprint density at radius 3 is 2.47 bits per heavy atom. The van der Waals surface area contributed by atoms with Crippen molar-refractivity contribution in [1.82, 2.24) is 0 Å². The summed E-state index contributed by atoms with van der Waals surface area (Å²) in [5, 5.41) is 0. The molecule has 2 heteroatoms. The number of carbonyl (C=O) groups excluding carboxylic acids is 1. The first-order valence-electron chi connectivity index (χ1n) is 7.44. The van der Waals surface area contributed by atoms with Gasteiger partial charge in [0.15, 0.2) is 0 Å². The first kappa shape index (κ1) is 14.1. The third kappa shape index (κ3) is 3.17. The zero-order valence-electron chi connectivity index (χ0n) is 12.4. The Morgan fingerprint density at radius 1 is 1.26 bits per heavy atom. The number of aldehydes is 1. The van der Waals surface area contributed by atoms with Crippen LogP contribution in [-0.4, -0.2) is 19.4 Å². The Kier molecular flexibility index (Phi) is 4.62. The van der Waals surface area contributed by atoms with Gasteiger partial charge in [0.1, 0.15) is 6.29 Å². The van der Waals surface area contributed by atoms with Crippen LogP contribution in [0.4, 0.5) is 5.69 Å². The topological polar surface area (TPSA) is 20.3 Å². The number of carbonyl (C=O) groups is 1. The van der Waals surface area contributed by atoms with E-state index in [9.17, 15) is 4.79 Å². The van der Waals surface area contributed by atoms with Crippen molar-refractivity contribution in [3.05, 3.63) is 29.3 Å². The lowest BCUT2D eigenvalue weighted by atomic mass is 9.84. The number of benzene rings is 1. The van der Waals surface area contributed by atoms with Crippen molar-refractivity contribution in [1.29, 1.82) is 0 Å². The first-order chi connectivity index (χ1) is 9.15. The zero-order chi connectivity index (χ0) is 13.8. The molecule has 1 aromatic rings. The average Bonchev–Trinajstić information content (AvgIpc) is 2.46. The lowest BCUT2D eigenvalue weighted by molar-refractivity contribution is 0.112. The van der Waals surface area contributed by atoms with Crippen LogP contribution in [0.15, 0.2) is 18.2 Å². The summed E-state index contributed by atoms with van der Waals surface area (Å²) in [7, 11) is 2.19. The zero-order valence-corrected chi connectivity index (χ0v) is 12.4. The smallest absolute Gasteiger partial charge is 0.150 e. The molecule has 1 aliphatic rings. The Hall–Kier alpha value is -1.31. The molecule has 0 radical (unpaired) electrons. The van der Waals surface area contributed by atoms with Crippen LogP contribution in [0.5, 0.6) is 0 Å². The molecule has 0 aromatic heterocycles. The second-order valence-electron chi connectivity index (χ2n) is 5.85. The van der Waals surface area contributed by atoms with Crippen LogP contribution < -0.4 is 4.90 Å². The van der Waals surface area contributed by atoms with Crippen LogP contribution in [-0.2, 0) is 0 Å². The van der Waals surface area contributed by atoms with Crippen molar-refractivity contribution in [2.75, 3.05) is 11.9 Å². The van der Waals surface area contributed by atoms with Gasteiger partial charge in [-0.1, -0.05) is 13.3 Å². The Bertz CT molecular complexity index is 433. The molecule has 104 valence electrons. The molecule has 0 spiro atoms. The highest BCUT2D eigenvalue weighted by Crippen LogP contribution is 2.31. The molecule has 0 unspecified atom stereocenters. The van der Waals surface area contributed by atoms with E-state index in [4.69, 9.17) is 0 Å². The molecule has 2 nitrogen and oxygen atoms in total. The largest absolute Gasteiger partial charge is 0.372 e. The van der Waals surface area contributed by atoms with Crippen molar-refractivity contribution in [3.63, 3.8) is 0 Å². The molecule has 0 heterocycles. The number of nitrogens with zero attached hydrogens (tertiary/aromatic N) is 1. The molecule has 1 fully saturated rings. The van der Waals surface area contributed by atoms with Gasteiger partial charge in [-0.25, -0.2) is 0 Å². The number of rotatable bonds is 4. The predicted octanol–water partition coefficient (Wildman–Crippen LogP) is 4.21. The van der Waals surface area contributed by atoms with Crippen LogP contribution in [0.25, 0.3) is 0 Å². The van der Waals surface area contributed by atoms with Crippen LogP contribution in [0.1, 0.15) is 54.9 Å². The summed E-state index contributed by atoms with van der Waals surface area (Å²) in [5.74, 6) is 0.934. The monoisotopic (exact) mass is 259 g/mol. The van der Waals surface area contributed by atoms with E-state index in [1.807, 2.05) is 13.0 Å². The predicted molar refractivity (Wildman–Crippen MR) is 81.0 cm³/mol. The molecule has 1 aliphatic carbocycles. The van der Waals surface area contributed by atoms with Crippen molar-refractivity contribution < 1.29 is 4.79 Å². The highest BCUT2D eigenvalue weighted by Gasteiger charge is 2.23. The minimum Gasteiger partial charge on any atom is -0.372 e. The summed E-state index contributed by atoms with van der Waals surface area (Å²) in [6, 6.07) is 6.80. The molecule has 1 saturated carbocycles. The molecule has 0 N–H and O–H groups in total. The van der Waals surface area contributed by atoms with Gasteiger partial charge in [-0.2, -0.15) is 0 Å². The number of hydrogen-bond acceptors (Lipinski definition) is 2. The summed E-state index contributed by atoms with van der Waals surface area (Å²) < 4.78 is 0. The van der Waals surface area contributed by atoms with Gasteiger partial charge in [0.2, 0.25) is 0 Å². The maximum absolute atomic E-state index is 10.9. The quantitative estimate of drug-likeness (QED) is 0.755. The number of hydrogen-bond donors (Lipinski definition) is 0. The van der Waals surface area contributed by atoms with Gasteiger partial charge in [-0.3, -0.25) is 4.79 Å². The Labute approximate surface area is 116 Å². The second-order valence-corrected chi connectivity index (χ2v) is 5.85. The van der Waals surface area contributed by atoms with Crippen LogP contribution in [0.2, 0.25) is 0 Å². The Balaban J connectivity index is 2.05. The molecule has 0 aliphatic heterocycles. The summed E-state index contributed by atoms with van der Waals surface area (Å²) >= 11 is 0. The van der Waals surface area contributed by atoms with E-state index in [0.29, 0.717) is 6.04 Å². The van der Waals surface area contributed by atoms with Gasteiger partial charge in [0.25, 0.3) is 0 Å². The molecule has 0 atom stereocenters. The van der Waals surface area contributed by atoms with E-state index in [2.05, 4.69) is 31.0 Å². The fraction of sp³-hybridized carbons (Fsp3) is 0.588. The Morgan fingerprint density at radius 2 is 1.95 bits per heavy atom. The third-order valence-electron chi connectivity index (χ3n) is 4.73. The van der Waals surface area contributed by atoms with Gasteiger partial charge in [-0.15, -0.1) is 0 Å². The minimum atomic E-state index is 0.657. The maximum Gasteiger partial charge on any atom is 0.150 e. The van der Waals surface area contributed by atoms with Gasteiger partial charge in [0, 0.05) is 24.3 Å². The van der Waals surface area contributed by atoms with E-state index in [0.717, 1.165) is 23.3 Å². The van der Waals surface area contributed by atoms with Crippen LogP contribution in [0.3, 0.4) is 0 Å². The van der Waals surface area contributed by atoms with E-state index in [1.54, 1.807) is 0 Å². The average molecular weight is 259 g/mol. The molecular formula is C17H25NO. The number of aryl methyl sites for hydroxylation is 1. The molecular weight excluding hydrogens is 234 g/mol. The van der Waals surface area contributed by atoms with E-state index < -0.39 is 0 Å². The molecule has 0 bridgehead atoms. The van der Waals surface area contributed by atoms with Gasteiger partial charge >= 0.3 is 0 Å². The van der Waals surface area contributed by atoms with E-state index in [-0.39, 0.29) is 0 Å². The van der Waals surface area contributed by atoms with Crippen molar-refractivity contribution in [2.45, 2.75) is 52.0 Å². The van der Waals surface area contributed by atoms with Gasteiger partial charge in [0.05, 0.1) is 0 Å². The number of anilines is 1. The highest BCUT2D eigenvalue weighted by atomic mass is 16.1. The fourth-order valence-electron chi connectivity index (χ4n) is 3.16. The van der Waals surface area contributed by atoms with Crippen molar-refractivity contribution >= 4 is 12.0 Å². The summed E-state index contributed by atoms with van der Waals surface area (Å²) in [6.45, 7) is 4.31. The fourth-order valence-corrected chi connectivity index (χ4v) is 3.16.